The zero-order valence-electron chi connectivity index (χ0n) is 18.9. The van der Waals surface area contributed by atoms with Crippen molar-refractivity contribution in [3.63, 3.8) is 0 Å². The zero-order chi connectivity index (χ0) is 23.4. The molecule has 3 heterocycles. The second kappa shape index (κ2) is 9.20. The number of hydrogen-bond donors (Lipinski definition) is 2. The first-order valence-corrected chi connectivity index (χ1v) is 10.8. The maximum atomic E-state index is 12.7. The lowest BCUT2D eigenvalue weighted by molar-refractivity contribution is -0.125. The number of nitrogens with two attached hydrogens (primary N) is 1. The van der Waals surface area contributed by atoms with Crippen molar-refractivity contribution >= 4 is 11.7 Å². The highest BCUT2D eigenvalue weighted by atomic mass is 16.5. The van der Waals surface area contributed by atoms with Gasteiger partial charge in [-0.05, 0) is 32.4 Å². The van der Waals surface area contributed by atoms with Crippen LogP contribution in [-0.4, -0.2) is 32.6 Å². The molecule has 3 N–H and O–H groups in total. The van der Waals surface area contributed by atoms with Gasteiger partial charge in [-0.15, -0.1) is 0 Å². The van der Waals surface area contributed by atoms with Crippen LogP contribution in [0.5, 0.6) is 0 Å². The van der Waals surface area contributed by atoms with E-state index in [9.17, 15) is 4.79 Å². The van der Waals surface area contributed by atoms with Gasteiger partial charge in [0.1, 0.15) is 5.69 Å². The van der Waals surface area contributed by atoms with E-state index in [-0.39, 0.29) is 11.7 Å². The Morgan fingerprint density at radius 1 is 1.06 bits per heavy atom. The first-order chi connectivity index (χ1) is 15.9. The van der Waals surface area contributed by atoms with Crippen LogP contribution in [-0.2, 0) is 10.2 Å². The third-order valence-corrected chi connectivity index (χ3v) is 5.41. The molecule has 0 atom stereocenters. The topological polar surface area (TPSA) is 120 Å². The summed E-state index contributed by atoms with van der Waals surface area (Å²) in [6, 6.07) is 15.2. The lowest BCUT2D eigenvalue weighted by Gasteiger charge is -2.23. The molecular weight excluding hydrogens is 416 g/mol. The highest BCUT2D eigenvalue weighted by Crippen LogP contribution is 2.31. The minimum atomic E-state index is -0.801. The fourth-order valence-corrected chi connectivity index (χ4v) is 3.36. The molecule has 8 nitrogen and oxygen atoms in total. The third-order valence-electron chi connectivity index (χ3n) is 5.41. The average Bonchev–Trinajstić information content (AvgIpc) is 3.33. The van der Waals surface area contributed by atoms with E-state index in [2.05, 4.69) is 25.4 Å². The van der Waals surface area contributed by atoms with Crippen LogP contribution in [0, 0.1) is 0 Å². The molecule has 0 fully saturated rings. The van der Waals surface area contributed by atoms with E-state index in [0.29, 0.717) is 35.1 Å². The van der Waals surface area contributed by atoms with Crippen molar-refractivity contribution in [1.29, 1.82) is 0 Å². The molecule has 0 saturated carbocycles. The summed E-state index contributed by atoms with van der Waals surface area (Å²) < 4.78 is 5.53. The van der Waals surface area contributed by atoms with Crippen LogP contribution in [0.15, 0.2) is 65.4 Å². The molecule has 168 valence electrons. The van der Waals surface area contributed by atoms with Crippen molar-refractivity contribution in [2.75, 3.05) is 12.3 Å². The van der Waals surface area contributed by atoms with Crippen molar-refractivity contribution in [3.05, 3.63) is 66.6 Å². The van der Waals surface area contributed by atoms with Gasteiger partial charge in [0, 0.05) is 29.9 Å². The standard InChI is InChI=1S/C25H26N6O2/c1-4-11-28-24(32)25(2,3)21-13-17(10-12-27-21)19-15-29-23(26)22(30-19)20-14-18(31-33-20)16-8-6-5-7-9-16/h5-10,12-15H,4,11H2,1-3H3,(H2,26,29)(H,28,32). The Labute approximate surface area is 192 Å². The molecule has 0 bridgehead atoms. The molecule has 0 spiro atoms. The van der Waals surface area contributed by atoms with Gasteiger partial charge in [-0.1, -0.05) is 42.4 Å². The molecule has 3 aromatic heterocycles. The molecule has 0 aliphatic heterocycles. The van der Waals surface area contributed by atoms with Crippen molar-refractivity contribution in [2.24, 2.45) is 0 Å². The van der Waals surface area contributed by atoms with E-state index in [1.54, 1.807) is 18.5 Å². The fraction of sp³-hybridized carbons (Fsp3) is 0.240. The number of carbonyl (C=O) groups excluding carboxylic acids is 1. The minimum absolute atomic E-state index is 0.0758. The van der Waals surface area contributed by atoms with Crippen molar-refractivity contribution in [1.82, 2.24) is 25.4 Å². The molecule has 0 aliphatic carbocycles. The van der Waals surface area contributed by atoms with Gasteiger partial charge in [0.05, 0.1) is 23.0 Å². The van der Waals surface area contributed by atoms with Gasteiger partial charge in [-0.25, -0.2) is 9.97 Å². The zero-order valence-corrected chi connectivity index (χ0v) is 18.9. The van der Waals surface area contributed by atoms with E-state index >= 15 is 0 Å². The van der Waals surface area contributed by atoms with Gasteiger partial charge >= 0.3 is 0 Å². The number of benzene rings is 1. The lowest BCUT2D eigenvalue weighted by Crippen LogP contribution is -2.40. The number of aromatic nitrogens is 4. The Morgan fingerprint density at radius 3 is 2.61 bits per heavy atom. The summed E-state index contributed by atoms with van der Waals surface area (Å²) in [6.07, 6.45) is 4.13. The number of pyridine rings is 1. The Bertz CT molecular complexity index is 1270. The summed E-state index contributed by atoms with van der Waals surface area (Å²) in [5, 5.41) is 7.09. The van der Waals surface area contributed by atoms with E-state index in [4.69, 9.17) is 10.3 Å². The monoisotopic (exact) mass is 442 g/mol. The number of hydrogen-bond acceptors (Lipinski definition) is 7. The van der Waals surface area contributed by atoms with E-state index in [1.165, 1.54) is 0 Å². The molecule has 4 aromatic rings. The fourth-order valence-electron chi connectivity index (χ4n) is 3.36. The predicted molar refractivity (Wildman–Crippen MR) is 127 cm³/mol. The van der Waals surface area contributed by atoms with Gasteiger partial charge in [-0.2, -0.15) is 0 Å². The molecular formula is C25H26N6O2. The molecule has 0 aliphatic rings. The van der Waals surface area contributed by atoms with Crippen LogP contribution in [0.1, 0.15) is 32.9 Å². The summed E-state index contributed by atoms with van der Waals surface area (Å²) in [4.78, 5) is 26.1. The van der Waals surface area contributed by atoms with Gasteiger partial charge < -0.3 is 15.6 Å². The van der Waals surface area contributed by atoms with Crippen LogP contribution in [0.4, 0.5) is 5.82 Å². The number of rotatable bonds is 7. The van der Waals surface area contributed by atoms with Crippen LogP contribution in [0.25, 0.3) is 34.0 Å². The number of anilines is 1. The maximum absolute atomic E-state index is 12.7. The summed E-state index contributed by atoms with van der Waals surface area (Å²) in [5.41, 5.74) is 9.32. The first kappa shape index (κ1) is 22.1. The minimum Gasteiger partial charge on any atom is -0.382 e. The van der Waals surface area contributed by atoms with Crippen LogP contribution < -0.4 is 11.1 Å². The number of nitrogens with zero attached hydrogens (tertiary/aromatic N) is 4. The Morgan fingerprint density at radius 2 is 1.85 bits per heavy atom. The quantitative estimate of drug-likeness (QED) is 0.439. The highest BCUT2D eigenvalue weighted by molar-refractivity contribution is 5.87. The second-order valence-electron chi connectivity index (χ2n) is 8.24. The van der Waals surface area contributed by atoms with Crippen molar-refractivity contribution in [2.45, 2.75) is 32.6 Å². The highest BCUT2D eigenvalue weighted by Gasteiger charge is 2.31. The Kier molecular flexibility index (Phi) is 6.17. The number of carbonyl (C=O) groups is 1. The lowest BCUT2D eigenvalue weighted by atomic mass is 9.86. The number of amides is 1. The Balaban J connectivity index is 1.67. The molecule has 8 heteroatoms. The number of nitrogen functional groups attached to an aromatic ring is 1. The molecule has 1 aromatic carbocycles. The second-order valence-corrected chi connectivity index (χ2v) is 8.24. The summed E-state index contributed by atoms with van der Waals surface area (Å²) in [6.45, 7) is 6.34. The molecule has 1 amide bonds. The average molecular weight is 443 g/mol. The third kappa shape index (κ3) is 4.59. The summed E-state index contributed by atoms with van der Waals surface area (Å²) >= 11 is 0. The predicted octanol–water partition coefficient (Wildman–Crippen LogP) is 4.25. The summed E-state index contributed by atoms with van der Waals surface area (Å²) in [7, 11) is 0. The van der Waals surface area contributed by atoms with Gasteiger partial charge in [0.15, 0.2) is 17.3 Å². The van der Waals surface area contributed by atoms with Gasteiger partial charge in [0.25, 0.3) is 0 Å². The largest absolute Gasteiger partial charge is 0.382 e. The Hall–Kier alpha value is -4.07. The SMILES string of the molecule is CCCNC(=O)C(C)(C)c1cc(-c2cnc(N)c(-c3cc(-c4ccccc4)no3)n2)ccn1. The smallest absolute Gasteiger partial charge is 0.231 e. The van der Waals surface area contributed by atoms with Crippen LogP contribution in [0.3, 0.4) is 0 Å². The van der Waals surface area contributed by atoms with Crippen LogP contribution >= 0.6 is 0 Å². The first-order valence-electron chi connectivity index (χ1n) is 10.8. The normalized spacial score (nSPS) is 11.4. The van der Waals surface area contributed by atoms with Gasteiger partial charge in [0.2, 0.25) is 5.91 Å². The van der Waals surface area contributed by atoms with Crippen molar-refractivity contribution in [3.8, 4) is 34.0 Å². The number of nitrogens with one attached hydrogen (secondary N) is 1. The van der Waals surface area contributed by atoms with E-state index in [1.807, 2.05) is 63.2 Å². The van der Waals surface area contributed by atoms with Crippen molar-refractivity contribution < 1.29 is 9.32 Å². The maximum Gasteiger partial charge on any atom is 0.231 e. The summed E-state index contributed by atoms with van der Waals surface area (Å²) in [5.74, 6) is 0.588. The molecule has 0 radical (unpaired) electrons. The van der Waals surface area contributed by atoms with Gasteiger partial charge in [-0.3, -0.25) is 9.78 Å². The molecule has 33 heavy (non-hydrogen) atoms. The molecule has 4 rings (SSSR count). The molecule has 0 unspecified atom stereocenters. The molecule has 0 saturated heterocycles. The van der Waals surface area contributed by atoms with E-state index in [0.717, 1.165) is 17.5 Å². The van der Waals surface area contributed by atoms with E-state index < -0.39 is 5.41 Å². The van der Waals surface area contributed by atoms with Crippen LogP contribution in [0.2, 0.25) is 0 Å².